The molecule has 0 aromatic heterocycles. The second-order valence-corrected chi connectivity index (χ2v) is 4.94. The molecule has 0 aliphatic carbocycles. The van der Waals surface area contributed by atoms with Crippen molar-refractivity contribution in [3.8, 4) is 5.75 Å². The van der Waals surface area contributed by atoms with E-state index in [1.54, 1.807) is 7.11 Å². The van der Waals surface area contributed by atoms with E-state index in [1.807, 2.05) is 26.0 Å². The number of carbonyl (C=O) groups is 1. The minimum absolute atomic E-state index is 0.0194. The van der Waals surface area contributed by atoms with E-state index in [9.17, 15) is 4.79 Å². The van der Waals surface area contributed by atoms with Gasteiger partial charge in [-0.05, 0) is 43.9 Å². The number of hydrogen-bond acceptors (Lipinski definition) is 3. The third-order valence-electron chi connectivity index (χ3n) is 3.44. The van der Waals surface area contributed by atoms with Crippen LogP contribution in [0.15, 0.2) is 12.1 Å². The first kappa shape index (κ1) is 13.1. The zero-order chi connectivity index (χ0) is 13.1. The van der Waals surface area contributed by atoms with Crippen molar-refractivity contribution in [1.82, 2.24) is 0 Å². The Morgan fingerprint density at radius 2 is 2.17 bits per heavy atom. The van der Waals surface area contributed by atoms with Gasteiger partial charge in [-0.25, -0.2) is 0 Å². The Balaban J connectivity index is 2.34. The Morgan fingerprint density at radius 3 is 2.78 bits per heavy atom. The third-order valence-corrected chi connectivity index (χ3v) is 3.44. The number of ketones is 1. The Kier molecular flexibility index (Phi) is 4.02. The highest BCUT2D eigenvalue weighted by atomic mass is 16.5. The molecule has 0 bridgehead atoms. The number of aryl methyl sites for hydroxylation is 2. The molecule has 3 nitrogen and oxygen atoms in total. The van der Waals surface area contributed by atoms with Gasteiger partial charge in [0.15, 0.2) is 5.78 Å². The number of carbonyl (C=O) groups excluding carboxylic acids is 1. The number of benzene rings is 1. The topological polar surface area (TPSA) is 35.5 Å². The summed E-state index contributed by atoms with van der Waals surface area (Å²) in [6, 6.07) is 3.95. The number of ether oxygens (including phenoxy) is 2. The predicted molar refractivity (Wildman–Crippen MR) is 70.3 cm³/mol. The Hall–Kier alpha value is -1.35. The van der Waals surface area contributed by atoms with Crippen LogP contribution >= 0.6 is 0 Å². The van der Waals surface area contributed by atoms with Crippen LogP contribution in [-0.4, -0.2) is 26.1 Å². The fourth-order valence-corrected chi connectivity index (χ4v) is 2.56. The van der Waals surface area contributed by atoms with Crippen molar-refractivity contribution in [3.63, 3.8) is 0 Å². The molecule has 18 heavy (non-hydrogen) atoms. The lowest BCUT2D eigenvalue weighted by Crippen LogP contribution is -2.26. The third kappa shape index (κ3) is 2.56. The summed E-state index contributed by atoms with van der Waals surface area (Å²) in [4.78, 5) is 12.6. The molecule has 0 saturated carbocycles. The molecule has 98 valence electrons. The maximum Gasteiger partial charge on any atom is 0.172 e. The minimum Gasteiger partial charge on any atom is -0.496 e. The summed E-state index contributed by atoms with van der Waals surface area (Å²) in [5.74, 6) is 0.821. The fourth-order valence-electron chi connectivity index (χ4n) is 2.56. The van der Waals surface area contributed by atoms with Gasteiger partial charge in [-0.3, -0.25) is 4.79 Å². The van der Waals surface area contributed by atoms with E-state index in [0.717, 1.165) is 36.1 Å². The van der Waals surface area contributed by atoms with Crippen molar-refractivity contribution in [2.75, 3.05) is 20.3 Å². The Morgan fingerprint density at radius 1 is 1.39 bits per heavy atom. The average Bonchev–Trinajstić information content (AvgIpc) is 2.38. The van der Waals surface area contributed by atoms with E-state index in [-0.39, 0.29) is 11.7 Å². The maximum absolute atomic E-state index is 12.6. The molecule has 0 N–H and O–H groups in total. The molecule has 3 heteroatoms. The number of hydrogen-bond donors (Lipinski definition) is 0. The van der Waals surface area contributed by atoms with Crippen LogP contribution in [0.1, 0.15) is 34.3 Å². The number of rotatable bonds is 3. The minimum atomic E-state index is -0.0194. The summed E-state index contributed by atoms with van der Waals surface area (Å²) in [6.07, 6.45) is 1.87. The lowest BCUT2D eigenvalue weighted by Gasteiger charge is -2.22. The first-order valence-corrected chi connectivity index (χ1v) is 6.40. The highest BCUT2D eigenvalue weighted by Crippen LogP contribution is 2.29. The van der Waals surface area contributed by atoms with E-state index in [2.05, 4.69) is 0 Å². The van der Waals surface area contributed by atoms with Crippen molar-refractivity contribution in [1.29, 1.82) is 0 Å². The van der Waals surface area contributed by atoms with Gasteiger partial charge < -0.3 is 9.47 Å². The molecule has 1 aromatic carbocycles. The fraction of sp³-hybridized carbons (Fsp3) is 0.533. The molecule has 0 radical (unpaired) electrons. The van der Waals surface area contributed by atoms with Crippen LogP contribution in [0.4, 0.5) is 0 Å². The monoisotopic (exact) mass is 248 g/mol. The van der Waals surface area contributed by atoms with Crippen LogP contribution < -0.4 is 4.74 Å². The lowest BCUT2D eigenvalue weighted by molar-refractivity contribution is 0.0459. The quantitative estimate of drug-likeness (QED) is 0.771. The van der Waals surface area contributed by atoms with Crippen molar-refractivity contribution < 1.29 is 14.3 Å². The molecule has 0 amide bonds. The summed E-state index contributed by atoms with van der Waals surface area (Å²) in [7, 11) is 1.61. The molecule has 2 rings (SSSR count). The van der Waals surface area contributed by atoms with Crippen LogP contribution in [0.3, 0.4) is 0 Å². The van der Waals surface area contributed by atoms with E-state index in [4.69, 9.17) is 9.47 Å². The SMILES string of the molecule is COc1cc(C)cc(C)c1C(=O)C1CCCOC1. The molecular formula is C15H20O3. The van der Waals surface area contributed by atoms with Crippen molar-refractivity contribution in [2.24, 2.45) is 5.92 Å². The zero-order valence-corrected chi connectivity index (χ0v) is 11.3. The smallest absolute Gasteiger partial charge is 0.172 e. The van der Waals surface area contributed by atoms with Crippen LogP contribution in [0.25, 0.3) is 0 Å². The van der Waals surface area contributed by atoms with Gasteiger partial charge in [-0.2, -0.15) is 0 Å². The first-order valence-electron chi connectivity index (χ1n) is 6.40. The summed E-state index contributed by atoms with van der Waals surface area (Å²) in [5, 5.41) is 0. The van der Waals surface area contributed by atoms with Crippen molar-refractivity contribution >= 4 is 5.78 Å². The van der Waals surface area contributed by atoms with Crippen LogP contribution in [-0.2, 0) is 4.74 Å². The predicted octanol–water partition coefficient (Wildman–Crippen LogP) is 2.92. The second-order valence-electron chi connectivity index (χ2n) is 4.94. The van der Waals surface area contributed by atoms with Gasteiger partial charge in [-0.1, -0.05) is 6.07 Å². The van der Waals surface area contributed by atoms with Gasteiger partial charge in [0.2, 0.25) is 0 Å². The lowest BCUT2D eigenvalue weighted by atomic mass is 9.89. The normalized spacial score (nSPS) is 19.6. The van der Waals surface area contributed by atoms with Crippen LogP contribution in [0.2, 0.25) is 0 Å². The van der Waals surface area contributed by atoms with Crippen LogP contribution in [0.5, 0.6) is 5.75 Å². The molecule has 1 unspecified atom stereocenters. The Labute approximate surface area is 108 Å². The van der Waals surface area contributed by atoms with E-state index in [0.29, 0.717) is 12.4 Å². The first-order chi connectivity index (χ1) is 8.63. The molecule has 0 spiro atoms. The van der Waals surface area contributed by atoms with Gasteiger partial charge in [0.05, 0.1) is 19.3 Å². The van der Waals surface area contributed by atoms with Gasteiger partial charge in [0, 0.05) is 12.5 Å². The molecule has 1 heterocycles. The van der Waals surface area contributed by atoms with Crippen molar-refractivity contribution in [3.05, 3.63) is 28.8 Å². The molecule has 1 aliphatic heterocycles. The molecule has 1 fully saturated rings. The van der Waals surface area contributed by atoms with E-state index < -0.39 is 0 Å². The van der Waals surface area contributed by atoms with Crippen molar-refractivity contribution in [2.45, 2.75) is 26.7 Å². The highest BCUT2D eigenvalue weighted by Gasteiger charge is 2.26. The molecule has 1 saturated heterocycles. The summed E-state index contributed by atoms with van der Waals surface area (Å²) in [6.45, 7) is 5.28. The van der Waals surface area contributed by atoms with E-state index >= 15 is 0 Å². The standard InChI is InChI=1S/C15H20O3/c1-10-7-11(2)14(13(8-10)17-3)15(16)12-5-4-6-18-9-12/h7-8,12H,4-6,9H2,1-3H3. The molecule has 1 aromatic rings. The number of Topliss-reactive ketones (excluding diaryl/α,β-unsaturated/α-hetero) is 1. The molecular weight excluding hydrogens is 228 g/mol. The van der Waals surface area contributed by atoms with Gasteiger partial charge in [-0.15, -0.1) is 0 Å². The summed E-state index contributed by atoms with van der Waals surface area (Å²) >= 11 is 0. The van der Waals surface area contributed by atoms with Gasteiger partial charge in [0.25, 0.3) is 0 Å². The highest BCUT2D eigenvalue weighted by molar-refractivity contribution is 6.01. The average molecular weight is 248 g/mol. The van der Waals surface area contributed by atoms with Gasteiger partial charge >= 0.3 is 0 Å². The van der Waals surface area contributed by atoms with Gasteiger partial charge in [0.1, 0.15) is 5.75 Å². The number of methoxy groups -OCH3 is 1. The van der Waals surface area contributed by atoms with E-state index in [1.165, 1.54) is 0 Å². The Bertz CT molecular complexity index is 445. The second kappa shape index (κ2) is 5.53. The largest absolute Gasteiger partial charge is 0.496 e. The zero-order valence-electron chi connectivity index (χ0n) is 11.3. The maximum atomic E-state index is 12.6. The molecule has 1 aliphatic rings. The summed E-state index contributed by atoms with van der Waals surface area (Å²) < 4.78 is 10.8. The van der Waals surface area contributed by atoms with Crippen LogP contribution in [0, 0.1) is 19.8 Å². The molecule has 1 atom stereocenters. The summed E-state index contributed by atoms with van der Waals surface area (Å²) in [5.41, 5.74) is 2.82.